The molecule has 10 atom stereocenters. The topological polar surface area (TPSA) is 276 Å². The normalized spacial score (nSPS) is 30.0. The smallest absolute Gasteiger partial charge is 0.165 e. The summed E-state index contributed by atoms with van der Waals surface area (Å²) < 4.78 is 14.9. The van der Waals surface area contributed by atoms with Gasteiger partial charge in [0.15, 0.2) is 30.4 Å². The number of fused-ring (bicyclic) bond motifs is 2. The predicted molar refractivity (Wildman–Crippen MR) is 230 cm³/mol. The van der Waals surface area contributed by atoms with Gasteiger partial charge < -0.3 is 61.4 Å². The largest absolute Gasteiger partial charge is 0.394 e. The van der Waals surface area contributed by atoms with Crippen LogP contribution in [-0.4, -0.2) is 133 Å². The molecule has 21 heteroatoms. The molecule has 328 valence electrons. The van der Waals surface area contributed by atoms with E-state index < -0.39 is 90.8 Å². The summed E-state index contributed by atoms with van der Waals surface area (Å²) in [6.45, 7) is 20.5. The summed E-state index contributed by atoms with van der Waals surface area (Å²) in [7, 11) is -5.49. The van der Waals surface area contributed by atoms with Gasteiger partial charge in [0.25, 0.3) is 0 Å². The number of hydrogen-bond acceptors (Lipinski definition) is 17. The first-order chi connectivity index (χ1) is 27.9. The molecule has 0 bridgehead atoms. The van der Waals surface area contributed by atoms with Crippen LogP contribution >= 0.6 is 0 Å². The number of imidazole rings is 2. The summed E-state index contributed by atoms with van der Waals surface area (Å²) in [5.74, 6) is 0.650. The molecule has 6 heterocycles. The third-order valence-corrected chi connectivity index (χ3v) is 24.2. The number of aldehydes is 1. The van der Waals surface area contributed by atoms with Crippen LogP contribution in [0.25, 0.3) is 0 Å². The number of carbonyl (C=O) groups is 1. The van der Waals surface area contributed by atoms with E-state index in [-0.39, 0.29) is 10.1 Å². The summed E-state index contributed by atoms with van der Waals surface area (Å²) in [6.07, 6.45) is -8.11. The average Bonchev–Trinajstić information content (AvgIpc) is 3.94. The number of para-hydroxylation sites is 1. The van der Waals surface area contributed by atoms with Crippen LogP contribution in [0.3, 0.4) is 0 Å². The Morgan fingerprint density at radius 3 is 1.50 bits per heavy atom. The standard InChI is InChI=1S/C39H60N10O9Si2/c1-38(2,3)59(7,8)36-44-32-23(42-17-46(32)34-28(55)26(53)21(15-51)57-34)30(40)48(36)20-13-11-12-19(14-50)25(20)49-31(41)24-33(45-37(49)60(9,10)39(4,5)6)47(18-43-24)35-29(56)27(54)22(16-52)58-35/h11-14,17-18,21-22,26-31,34-35,51-56H,15-16,40-41H2,1-10H3/t21-,22-,26?,27?,28?,29?,30?,31?,34-,35-/m1/s1. The molecule has 7 rings (SSSR count). The summed E-state index contributed by atoms with van der Waals surface area (Å²) >= 11 is 0. The molecule has 0 saturated carbocycles. The maximum absolute atomic E-state index is 13.3. The Labute approximate surface area is 351 Å². The molecule has 2 saturated heterocycles. The van der Waals surface area contributed by atoms with E-state index >= 15 is 0 Å². The monoisotopic (exact) mass is 868 g/mol. The van der Waals surface area contributed by atoms with Gasteiger partial charge in [0.1, 0.15) is 76.5 Å². The van der Waals surface area contributed by atoms with Gasteiger partial charge in [-0.15, -0.1) is 0 Å². The quantitative estimate of drug-likeness (QED) is 0.113. The van der Waals surface area contributed by atoms with Gasteiger partial charge in [0, 0.05) is 5.56 Å². The van der Waals surface area contributed by atoms with Gasteiger partial charge in [-0.2, -0.15) is 0 Å². The number of nitrogens with zero attached hydrogens (tertiary/aromatic N) is 8. The predicted octanol–water partition coefficient (Wildman–Crippen LogP) is 2.23. The zero-order valence-electron chi connectivity index (χ0n) is 35.8. The number of aliphatic imine (C=N–C) groups is 2. The number of nitrogens with two attached hydrogens (primary N) is 2. The molecule has 0 spiro atoms. The SMILES string of the molecule is CC(C)(C)[Si](C)(C)C1=Nc2c(ncn2[C@@H]2O[C@H](CO)C(O)C2O)C(N)N1c1cccc(C=O)c1N1C([Si](C)(C)C(C)(C)C)=Nc2c(ncn2[C@@H]2O[C@H](CO)C(O)C2O)C1N. The fraction of sp³-hybridized carbons (Fsp3) is 0.615. The number of benzene rings is 1. The zero-order chi connectivity index (χ0) is 44.2. The number of carbonyl (C=O) groups excluding carboxylic acids is 1. The van der Waals surface area contributed by atoms with Crippen molar-refractivity contribution in [3.63, 3.8) is 0 Å². The van der Waals surface area contributed by atoms with Crippen LogP contribution in [-0.2, 0) is 9.47 Å². The van der Waals surface area contributed by atoms with E-state index in [4.69, 9.17) is 35.9 Å². The molecule has 0 amide bonds. The van der Waals surface area contributed by atoms with E-state index in [0.717, 1.165) is 6.29 Å². The third-order valence-electron chi connectivity index (χ3n) is 13.7. The lowest BCUT2D eigenvalue weighted by molar-refractivity contribution is -0.0520. The number of aromatic nitrogens is 4. The number of hydrogen-bond donors (Lipinski definition) is 8. The molecular formula is C39H60N10O9Si2. The second-order valence-corrected chi connectivity index (χ2v) is 29.7. The van der Waals surface area contributed by atoms with E-state index in [1.54, 1.807) is 16.7 Å². The number of ether oxygens (including phenoxy) is 2. The number of rotatable bonds is 9. The second-order valence-electron chi connectivity index (χ2n) is 19.3. The van der Waals surface area contributed by atoms with E-state index in [0.29, 0.717) is 50.9 Å². The number of amidine groups is 2. The Morgan fingerprint density at radius 1 is 0.700 bits per heavy atom. The van der Waals surface area contributed by atoms with Crippen molar-refractivity contribution in [3.8, 4) is 0 Å². The molecule has 3 aromatic rings. The number of anilines is 2. The summed E-state index contributed by atoms with van der Waals surface area (Å²) in [6, 6.07) is 5.34. The highest BCUT2D eigenvalue weighted by molar-refractivity contribution is 7.09. The minimum atomic E-state index is -2.76. The highest BCUT2D eigenvalue weighted by Crippen LogP contribution is 2.51. The summed E-state index contributed by atoms with van der Waals surface area (Å²) in [5.41, 5.74) is 17.8. The summed E-state index contributed by atoms with van der Waals surface area (Å²) in [4.78, 5) is 37.1. The maximum Gasteiger partial charge on any atom is 0.165 e. The lowest BCUT2D eigenvalue weighted by Crippen LogP contribution is -2.60. The molecule has 0 aliphatic carbocycles. The van der Waals surface area contributed by atoms with Gasteiger partial charge in [0.05, 0.1) is 48.2 Å². The van der Waals surface area contributed by atoms with Crippen molar-refractivity contribution >= 4 is 56.4 Å². The summed E-state index contributed by atoms with van der Waals surface area (Å²) in [5, 5.41) is 62.5. The molecule has 60 heavy (non-hydrogen) atoms. The number of aliphatic hydroxyl groups excluding tert-OH is 6. The van der Waals surface area contributed by atoms with Crippen LogP contribution < -0.4 is 21.3 Å². The molecule has 0 radical (unpaired) electrons. The third kappa shape index (κ3) is 6.65. The van der Waals surface area contributed by atoms with Gasteiger partial charge in [-0.05, 0) is 22.2 Å². The Balaban J connectivity index is 1.45. The highest BCUT2D eigenvalue weighted by atomic mass is 28.3. The van der Waals surface area contributed by atoms with E-state index in [9.17, 15) is 35.4 Å². The molecule has 19 nitrogen and oxygen atoms in total. The van der Waals surface area contributed by atoms with Crippen LogP contribution in [0.5, 0.6) is 0 Å². The van der Waals surface area contributed by atoms with Crippen molar-refractivity contribution in [3.05, 3.63) is 47.8 Å². The van der Waals surface area contributed by atoms with E-state index in [1.165, 1.54) is 17.2 Å². The van der Waals surface area contributed by atoms with Gasteiger partial charge in [-0.3, -0.25) is 13.9 Å². The first kappa shape index (κ1) is 44.3. The fourth-order valence-corrected chi connectivity index (χ4v) is 11.8. The molecular weight excluding hydrogens is 809 g/mol. The molecule has 10 N–H and O–H groups in total. The minimum absolute atomic E-state index is 0.297. The zero-order valence-corrected chi connectivity index (χ0v) is 37.8. The van der Waals surface area contributed by atoms with Crippen molar-refractivity contribution in [2.24, 2.45) is 21.5 Å². The van der Waals surface area contributed by atoms with Crippen LogP contribution in [0, 0.1) is 0 Å². The van der Waals surface area contributed by atoms with Crippen LogP contribution in [0.15, 0.2) is 40.8 Å². The Morgan fingerprint density at radius 2 is 1.12 bits per heavy atom. The Bertz CT molecular complexity index is 2200. The van der Waals surface area contributed by atoms with Crippen molar-refractivity contribution < 1.29 is 44.9 Å². The maximum atomic E-state index is 13.3. The molecule has 4 aliphatic rings. The molecule has 2 aromatic heterocycles. The molecule has 6 unspecified atom stereocenters. The lowest BCUT2D eigenvalue weighted by Gasteiger charge is -2.49. The van der Waals surface area contributed by atoms with Crippen molar-refractivity contribution in [2.75, 3.05) is 23.0 Å². The minimum Gasteiger partial charge on any atom is -0.394 e. The van der Waals surface area contributed by atoms with E-state index in [1.807, 2.05) is 15.9 Å². The Kier molecular flexibility index (Phi) is 11.3. The second kappa shape index (κ2) is 15.3. The lowest BCUT2D eigenvalue weighted by atomic mass is 10.1. The van der Waals surface area contributed by atoms with Crippen molar-refractivity contribution in [1.29, 1.82) is 0 Å². The van der Waals surface area contributed by atoms with Crippen LogP contribution in [0.1, 0.15) is 88.1 Å². The first-order valence-corrected chi connectivity index (χ1v) is 26.2. The molecule has 1 aromatic carbocycles. The van der Waals surface area contributed by atoms with Crippen molar-refractivity contribution in [2.45, 2.75) is 139 Å². The molecule has 2 fully saturated rings. The number of aliphatic hydroxyl groups is 6. The van der Waals surface area contributed by atoms with Crippen LogP contribution in [0.4, 0.5) is 23.0 Å². The Hall–Kier alpha value is -3.72. The fourth-order valence-electron chi connectivity index (χ4n) is 7.96. The van der Waals surface area contributed by atoms with Crippen LogP contribution in [0.2, 0.25) is 36.3 Å². The average molecular weight is 869 g/mol. The van der Waals surface area contributed by atoms with Gasteiger partial charge in [-0.25, -0.2) is 20.0 Å². The van der Waals surface area contributed by atoms with Gasteiger partial charge in [0.2, 0.25) is 0 Å². The van der Waals surface area contributed by atoms with Crippen molar-refractivity contribution in [1.82, 2.24) is 19.1 Å². The molecule has 4 aliphatic heterocycles. The highest BCUT2D eigenvalue weighted by Gasteiger charge is 2.53. The van der Waals surface area contributed by atoms with Gasteiger partial charge >= 0.3 is 0 Å². The van der Waals surface area contributed by atoms with E-state index in [2.05, 4.69) is 72.7 Å². The first-order valence-electron chi connectivity index (χ1n) is 20.2. The van der Waals surface area contributed by atoms with Gasteiger partial charge in [-0.1, -0.05) is 73.8 Å².